The van der Waals surface area contributed by atoms with Crippen LogP contribution < -0.4 is 0 Å². The topological polar surface area (TPSA) is 155 Å². The number of ketones is 1. The van der Waals surface area contributed by atoms with Crippen molar-refractivity contribution in [1.82, 2.24) is 0 Å². The molecule has 0 aromatic carbocycles. The molecule has 2 saturated carbocycles. The monoisotopic (exact) mass is 602 g/mol. The Morgan fingerprint density at radius 1 is 1.02 bits per heavy atom. The number of aliphatic hydroxyl groups excluding tert-OH is 1. The summed E-state index contributed by atoms with van der Waals surface area (Å²) < 4.78 is 29.0. The summed E-state index contributed by atoms with van der Waals surface area (Å²) in [6.07, 6.45) is 1.06. The molecule has 5 rings (SSSR count). The van der Waals surface area contributed by atoms with Gasteiger partial charge in [0.25, 0.3) is 0 Å². The molecule has 1 saturated heterocycles. The molecule has 236 valence electrons. The maximum absolute atomic E-state index is 13.3. The van der Waals surface area contributed by atoms with E-state index in [0.717, 1.165) is 0 Å². The van der Waals surface area contributed by atoms with Crippen molar-refractivity contribution >= 4 is 29.7 Å². The SMILES string of the molecule is COC(=O)C[C@H]1C(C)(C)C(=O)C=C[C@]1(C)[C@H]1[C@@H](OC(C)=O)[C@H](OC(C)=O)[C@@]2(C)[C@H](C3=CC(O)OC3=O)C[C@H]3O[C@]32C1(C)C. The van der Waals surface area contributed by atoms with Gasteiger partial charge in [0.05, 0.1) is 19.6 Å². The Morgan fingerprint density at radius 3 is 2.19 bits per heavy atom. The second-order valence-corrected chi connectivity index (χ2v) is 14.3. The Labute approximate surface area is 251 Å². The van der Waals surface area contributed by atoms with E-state index in [9.17, 15) is 29.1 Å². The molecule has 1 spiro atoms. The van der Waals surface area contributed by atoms with Gasteiger partial charge in [-0.2, -0.15) is 0 Å². The molecular formula is C32H42O11. The number of allylic oxidation sites excluding steroid dienone is 2. The number of carbonyl (C=O) groups excluding carboxylic acids is 5. The van der Waals surface area contributed by atoms with E-state index < -0.39 is 87.4 Å². The zero-order valence-electron chi connectivity index (χ0n) is 26.2. The highest BCUT2D eigenvalue weighted by atomic mass is 16.6. The Bertz CT molecular complexity index is 1340. The highest BCUT2D eigenvalue weighted by molar-refractivity contribution is 5.96. The van der Waals surface area contributed by atoms with E-state index in [-0.39, 0.29) is 23.9 Å². The average Bonchev–Trinajstić information content (AvgIpc) is 3.46. The first-order valence-corrected chi connectivity index (χ1v) is 14.7. The van der Waals surface area contributed by atoms with Crippen LogP contribution in [0.5, 0.6) is 0 Å². The van der Waals surface area contributed by atoms with E-state index in [0.29, 0.717) is 6.42 Å². The Balaban J connectivity index is 1.77. The van der Waals surface area contributed by atoms with Gasteiger partial charge in [-0.15, -0.1) is 0 Å². The van der Waals surface area contributed by atoms with Crippen LogP contribution in [0.1, 0.15) is 68.2 Å². The van der Waals surface area contributed by atoms with Crippen LogP contribution in [-0.2, 0) is 47.7 Å². The molecular weight excluding hydrogens is 560 g/mol. The van der Waals surface area contributed by atoms with Gasteiger partial charge in [-0.3, -0.25) is 19.2 Å². The van der Waals surface area contributed by atoms with Crippen molar-refractivity contribution in [1.29, 1.82) is 0 Å². The average molecular weight is 603 g/mol. The van der Waals surface area contributed by atoms with Gasteiger partial charge >= 0.3 is 23.9 Å². The molecule has 11 heteroatoms. The molecule has 1 unspecified atom stereocenters. The molecule has 2 heterocycles. The van der Waals surface area contributed by atoms with E-state index in [1.807, 2.05) is 27.7 Å². The van der Waals surface area contributed by atoms with Crippen LogP contribution in [0.25, 0.3) is 0 Å². The summed E-state index contributed by atoms with van der Waals surface area (Å²) in [5.41, 5.74) is -4.63. The largest absolute Gasteiger partial charge is 0.469 e. The first kappa shape index (κ1) is 31.4. The fourth-order valence-electron chi connectivity index (χ4n) is 9.97. The lowest BCUT2D eigenvalue weighted by Crippen LogP contribution is -2.72. The highest BCUT2D eigenvalue weighted by Gasteiger charge is 2.88. The maximum Gasteiger partial charge on any atom is 0.336 e. The fraction of sp³-hybridized carbons (Fsp3) is 0.719. The van der Waals surface area contributed by atoms with Crippen LogP contribution in [0.3, 0.4) is 0 Å². The number of hydrogen-bond donors (Lipinski definition) is 1. The minimum absolute atomic E-state index is 0.0819. The number of cyclic esters (lactones) is 1. The van der Waals surface area contributed by atoms with E-state index in [1.54, 1.807) is 19.9 Å². The molecule has 0 aromatic rings. The van der Waals surface area contributed by atoms with E-state index in [4.69, 9.17) is 23.7 Å². The lowest BCUT2D eigenvalue weighted by Gasteiger charge is -2.65. The third-order valence-electron chi connectivity index (χ3n) is 11.5. The normalized spacial score (nSPS) is 43.6. The minimum atomic E-state index is -1.40. The van der Waals surface area contributed by atoms with Gasteiger partial charge in [0.15, 0.2) is 5.78 Å². The number of carbonyl (C=O) groups is 5. The van der Waals surface area contributed by atoms with Gasteiger partial charge in [-0.25, -0.2) is 4.79 Å². The van der Waals surface area contributed by atoms with Crippen LogP contribution in [0.2, 0.25) is 0 Å². The second kappa shape index (κ2) is 9.72. The Kier molecular flexibility index (Phi) is 7.10. The van der Waals surface area contributed by atoms with Crippen molar-refractivity contribution < 1.29 is 52.8 Å². The standard InChI is InChI=1S/C32H42O11/c1-15(33)40-24-25(30(7)11-10-20(35)28(3,4)19(30)14-22(36)39-9)29(5,6)32-21(43-32)13-18(17-12-23(37)42-27(17)38)31(32,8)26(24)41-16(2)34/h10-12,18-19,21,23-26,37H,13-14H2,1-9H3/t18-,19-,21+,23?,24+,25-,26-,30-,31+,32-/m0/s1. The zero-order valence-corrected chi connectivity index (χ0v) is 26.2. The fourth-order valence-corrected chi connectivity index (χ4v) is 9.97. The first-order chi connectivity index (χ1) is 19.8. The summed E-state index contributed by atoms with van der Waals surface area (Å²) in [7, 11) is 1.29. The third-order valence-corrected chi connectivity index (χ3v) is 11.5. The van der Waals surface area contributed by atoms with Crippen LogP contribution in [0.4, 0.5) is 0 Å². The lowest BCUT2D eigenvalue weighted by atomic mass is 9.40. The molecule has 43 heavy (non-hydrogen) atoms. The zero-order chi connectivity index (χ0) is 32.1. The number of esters is 4. The maximum atomic E-state index is 13.3. The summed E-state index contributed by atoms with van der Waals surface area (Å²) in [5.74, 6) is -4.32. The quantitative estimate of drug-likeness (QED) is 0.271. The second-order valence-electron chi connectivity index (χ2n) is 14.3. The van der Waals surface area contributed by atoms with Gasteiger partial charge in [-0.1, -0.05) is 47.6 Å². The van der Waals surface area contributed by atoms with Gasteiger partial charge in [0.2, 0.25) is 6.29 Å². The molecule has 0 aromatic heterocycles. The molecule has 10 atom stereocenters. The number of epoxide rings is 1. The Hall–Kier alpha value is -3.05. The third kappa shape index (κ3) is 4.10. The van der Waals surface area contributed by atoms with Crippen molar-refractivity contribution in [2.24, 2.45) is 39.4 Å². The Morgan fingerprint density at radius 2 is 1.65 bits per heavy atom. The first-order valence-electron chi connectivity index (χ1n) is 14.7. The van der Waals surface area contributed by atoms with Crippen LogP contribution in [-0.4, -0.2) is 72.1 Å². The van der Waals surface area contributed by atoms with Crippen molar-refractivity contribution in [3.8, 4) is 0 Å². The van der Waals surface area contributed by atoms with E-state index in [2.05, 4.69) is 0 Å². The molecule has 11 nitrogen and oxygen atoms in total. The number of ether oxygens (including phenoxy) is 5. The summed E-state index contributed by atoms with van der Waals surface area (Å²) >= 11 is 0. The molecule has 5 aliphatic rings. The highest BCUT2D eigenvalue weighted by Crippen LogP contribution is 2.79. The smallest absolute Gasteiger partial charge is 0.336 e. The summed E-state index contributed by atoms with van der Waals surface area (Å²) in [6, 6.07) is 0. The van der Waals surface area contributed by atoms with Gasteiger partial charge in [-0.05, 0) is 29.9 Å². The summed E-state index contributed by atoms with van der Waals surface area (Å²) in [5, 5.41) is 10.1. The van der Waals surface area contributed by atoms with Gasteiger partial charge < -0.3 is 28.8 Å². The molecule has 0 radical (unpaired) electrons. The van der Waals surface area contributed by atoms with Crippen molar-refractivity contribution in [3.63, 3.8) is 0 Å². The predicted molar refractivity (Wildman–Crippen MR) is 149 cm³/mol. The summed E-state index contributed by atoms with van der Waals surface area (Å²) in [4.78, 5) is 64.6. The molecule has 3 aliphatic carbocycles. The molecule has 2 aliphatic heterocycles. The van der Waals surface area contributed by atoms with Crippen molar-refractivity contribution in [2.45, 2.75) is 98.4 Å². The van der Waals surface area contributed by atoms with E-state index >= 15 is 0 Å². The number of hydrogen-bond acceptors (Lipinski definition) is 11. The van der Waals surface area contributed by atoms with Crippen LogP contribution in [0.15, 0.2) is 23.8 Å². The van der Waals surface area contributed by atoms with Crippen molar-refractivity contribution in [2.75, 3.05) is 7.11 Å². The molecule has 1 N–H and O–H groups in total. The molecule has 3 fully saturated rings. The lowest BCUT2D eigenvalue weighted by molar-refractivity contribution is -0.257. The number of aliphatic hydroxyl groups is 1. The van der Waals surface area contributed by atoms with Crippen LogP contribution >= 0.6 is 0 Å². The van der Waals surface area contributed by atoms with Gasteiger partial charge in [0.1, 0.15) is 17.8 Å². The van der Waals surface area contributed by atoms with Crippen LogP contribution in [0, 0.1) is 39.4 Å². The number of rotatable bonds is 6. The summed E-state index contributed by atoms with van der Waals surface area (Å²) in [6.45, 7) is 14.0. The van der Waals surface area contributed by atoms with Crippen molar-refractivity contribution in [3.05, 3.63) is 23.8 Å². The molecule has 0 amide bonds. The van der Waals surface area contributed by atoms with E-state index in [1.165, 1.54) is 33.1 Å². The van der Waals surface area contributed by atoms with Gasteiger partial charge in [0, 0.05) is 47.5 Å². The predicted octanol–water partition coefficient (Wildman–Crippen LogP) is 2.82. The minimum Gasteiger partial charge on any atom is -0.469 e. The molecule has 0 bridgehead atoms. The number of methoxy groups -OCH3 is 1.